The third kappa shape index (κ3) is 3.83. The molecule has 5 heteroatoms. The topological polar surface area (TPSA) is 39.9 Å². The fourth-order valence-corrected chi connectivity index (χ4v) is 2.11. The Kier molecular flexibility index (Phi) is 5.11. The Balaban J connectivity index is 2.33. The van der Waals surface area contributed by atoms with Crippen molar-refractivity contribution in [2.45, 2.75) is 31.3 Å². The molecule has 0 fully saturated rings. The van der Waals surface area contributed by atoms with E-state index < -0.39 is 0 Å². The molecule has 4 nitrogen and oxygen atoms in total. The van der Waals surface area contributed by atoms with Crippen LogP contribution in [0.15, 0.2) is 0 Å². The third-order valence-electron chi connectivity index (χ3n) is 2.41. The van der Waals surface area contributed by atoms with Gasteiger partial charge in [0.15, 0.2) is 0 Å². The Labute approximate surface area is 95.4 Å². The molecule has 0 saturated carbocycles. The summed E-state index contributed by atoms with van der Waals surface area (Å²) in [6, 6.07) is 0. The van der Waals surface area contributed by atoms with Crippen LogP contribution in [0.5, 0.6) is 0 Å². The fraction of sp³-hybridized carbons (Fsp3) is 0.800. The Morgan fingerprint density at radius 3 is 2.73 bits per heavy atom. The normalized spacial score (nSPS) is 13.1. The summed E-state index contributed by atoms with van der Waals surface area (Å²) in [4.78, 5) is 0. The number of hydrogen-bond donors (Lipinski definition) is 0. The summed E-state index contributed by atoms with van der Waals surface area (Å²) >= 11 is 1.89. The Morgan fingerprint density at radius 1 is 1.47 bits per heavy atom. The molecule has 0 aliphatic heterocycles. The van der Waals surface area contributed by atoms with Crippen LogP contribution in [0, 0.1) is 6.92 Å². The van der Waals surface area contributed by atoms with Crippen molar-refractivity contribution in [1.29, 1.82) is 0 Å². The van der Waals surface area contributed by atoms with Gasteiger partial charge in [-0.3, -0.25) is 0 Å². The van der Waals surface area contributed by atoms with Crippen molar-refractivity contribution >= 4 is 11.8 Å². The van der Waals surface area contributed by atoms with Gasteiger partial charge in [0.25, 0.3) is 0 Å². The quantitative estimate of drug-likeness (QED) is 0.745. The molecule has 0 bridgehead atoms. The van der Waals surface area contributed by atoms with Gasteiger partial charge in [-0.2, -0.15) is 11.8 Å². The average Bonchev–Trinajstić information content (AvgIpc) is 2.54. The predicted octanol–water partition coefficient (Wildman–Crippen LogP) is 1.78. The van der Waals surface area contributed by atoms with E-state index in [9.17, 15) is 0 Å². The number of hydrogen-bond acceptors (Lipinski definition) is 4. The number of ether oxygens (including phenoxy) is 1. The van der Waals surface area contributed by atoms with E-state index in [0.717, 1.165) is 30.4 Å². The molecule has 1 atom stereocenters. The molecule has 0 aromatic carbocycles. The van der Waals surface area contributed by atoms with Gasteiger partial charge >= 0.3 is 0 Å². The van der Waals surface area contributed by atoms with Crippen molar-refractivity contribution in [3.63, 3.8) is 0 Å². The van der Waals surface area contributed by atoms with E-state index in [1.807, 2.05) is 30.3 Å². The number of methoxy groups -OCH3 is 1. The summed E-state index contributed by atoms with van der Waals surface area (Å²) in [5.41, 5.74) is 0. The molecule has 86 valence electrons. The van der Waals surface area contributed by atoms with Gasteiger partial charge in [0, 0.05) is 26.0 Å². The second-order valence-corrected chi connectivity index (χ2v) is 5.05. The highest BCUT2D eigenvalue weighted by molar-refractivity contribution is 7.99. The minimum Gasteiger partial charge on any atom is -0.385 e. The molecular formula is C10H19N3OS. The van der Waals surface area contributed by atoms with Gasteiger partial charge in [-0.25, -0.2) is 0 Å². The largest absolute Gasteiger partial charge is 0.385 e. The molecule has 0 aliphatic rings. The fourth-order valence-electron chi connectivity index (χ4n) is 1.16. The second-order valence-electron chi connectivity index (χ2n) is 3.63. The van der Waals surface area contributed by atoms with Crippen LogP contribution in [-0.2, 0) is 17.5 Å². The van der Waals surface area contributed by atoms with Crippen LogP contribution < -0.4 is 0 Å². The van der Waals surface area contributed by atoms with Crippen molar-refractivity contribution in [1.82, 2.24) is 14.8 Å². The van der Waals surface area contributed by atoms with Gasteiger partial charge < -0.3 is 9.30 Å². The zero-order valence-electron chi connectivity index (χ0n) is 9.86. The molecule has 0 saturated heterocycles. The maximum Gasteiger partial charge on any atom is 0.142 e. The SMILES string of the molecule is COCC[C@@H](C)SCc1nnc(C)n1C. The highest BCUT2D eigenvalue weighted by Gasteiger charge is 2.08. The van der Waals surface area contributed by atoms with E-state index >= 15 is 0 Å². The maximum absolute atomic E-state index is 5.05. The Morgan fingerprint density at radius 2 is 2.20 bits per heavy atom. The molecule has 1 heterocycles. The van der Waals surface area contributed by atoms with Crippen LogP contribution in [0.3, 0.4) is 0 Å². The monoisotopic (exact) mass is 229 g/mol. The molecule has 0 N–H and O–H groups in total. The Bertz CT molecular complexity index is 301. The number of aryl methyl sites for hydroxylation is 1. The summed E-state index contributed by atoms with van der Waals surface area (Å²) in [6.45, 7) is 5.01. The van der Waals surface area contributed by atoms with E-state index in [-0.39, 0.29) is 0 Å². The third-order valence-corrected chi connectivity index (χ3v) is 3.64. The van der Waals surface area contributed by atoms with E-state index in [4.69, 9.17) is 4.74 Å². The Hall–Kier alpha value is -0.550. The van der Waals surface area contributed by atoms with Gasteiger partial charge in [-0.1, -0.05) is 6.92 Å². The maximum atomic E-state index is 5.05. The molecule has 15 heavy (non-hydrogen) atoms. The predicted molar refractivity (Wildman–Crippen MR) is 63.0 cm³/mol. The minimum absolute atomic E-state index is 0.599. The van der Waals surface area contributed by atoms with Crippen molar-refractivity contribution in [2.24, 2.45) is 7.05 Å². The molecule has 0 unspecified atom stereocenters. The van der Waals surface area contributed by atoms with Gasteiger partial charge in [-0.05, 0) is 13.3 Å². The molecule has 1 aromatic heterocycles. The first-order valence-corrected chi connectivity index (χ1v) is 6.15. The summed E-state index contributed by atoms with van der Waals surface area (Å²) in [6.07, 6.45) is 1.08. The van der Waals surface area contributed by atoms with E-state index in [0.29, 0.717) is 5.25 Å². The second kappa shape index (κ2) is 6.12. The van der Waals surface area contributed by atoms with Gasteiger partial charge in [-0.15, -0.1) is 10.2 Å². The molecule has 0 radical (unpaired) electrons. The molecule has 0 spiro atoms. The van der Waals surface area contributed by atoms with Crippen LogP contribution >= 0.6 is 11.8 Å². The lowest BCUT2D eigenvalue weighted by Gasteiger charge is -2.09. The van der Waals surface area contributed by atoms with E-state index in [2.05, 4.69) is 17.1 Å². The van der Waals surface area contributed by atoms with Gasteiger partial charge in [0.2, 0.25) is 0 Å². The molecule has 0 aliphatic carbocycles. The van der Waals surface area contributed by atoms with Crippen LogP contribution in [-0.4, -0.2) is 33.7 Å². The molecule has 1 aromatic rings. The standard InChI is InChI=1S/C10H19N3OS/c1-8(5-6-14-4)15-7-10-12-11-9(2)13(10)3/h8H,5-7H2,1-4H3/t8-/m1/s1. The zero-order chi connectivity index (χ0) is 11.3. The van der Waals surface area contributed by atoms with Crippen molar-refractivity contribution < 1.29 is 4.74 Å². The van der Waals surface area contributed by atoms with Gasteiger partial charge in [0.1, 0.15) is 11.6 Å². The lowest BCUT2D eigenvalue weighted by molar-refractivity contribution is 0.195. The number of rotatable bonds is 6. The van der Waals surface area contributed by atoms with Crippen molar-refractivity contribution in [3.05, 3.63) is 11.6 Å². The summed E-state index contributed by atoms with van der Waals surface area (Å²) < 4.78 is 7.08. The average molecular weight is 229 g/mol. The van der Waals surface area contributed by atoms with Crippen LogP contribution in [0.4, 0.5) is 0 Å². The first-order chi connectivity index (χ1) is 7.15. The summed E-state index contributed by atoms with van der Waals surface area (Å²) in [5.74, 6) is 2.93. The van der Waals surface area contributed by atoms with Crippen molar-refractivity contribution in [3.8, 4) is 0 Å². The molecule has 1 rings (SSSR count). The highest BCUT2D eigenvalue weighted by Crippen LogP contribution is 2.18. The van der Waals surface area contributed by atoms with E-state index in [1.165, 1.54) is 0 Å². The number of aromatic nitrogens is 3. The summed E-state index contributed by atoms with van der Waals surface area (Å²) in [7, 11) is 3.74. The lowest BCUT2D eigenvalue weighted by atomic mass is 10.3. The number of nitrogens with zero attached hydrogens (tertiary/aromatic N) is 3. The highest BCUT2D eigenvalue weighted by atomic mass is 32.2. The van der Waals surface area contributed by atoms with Crippen molar-refractivity contribution in [2.75, 3.05) is 13.7 Å². The molecular weight excluding hydrogens is 210 g/mol. The number of thioether (sulfide) groups is 1. The van der Waals surface area contributed by atoms with E-state index in [1.54, 1.807) is 7.11 Å². The lowest BCUT2D eigenvalue weighted by Crippen LogP contribution is -2.04. The summed E-state index contributed by atoms with van der Waals surface area (Å²) in [5, 5.41) is 8.76. The van der Waals surface area contributed by atoms with Gasteiger partial charge in [0.05, 0.1) is 5.75 Å². The zero-order valence-corrected chi connectivity index (χ0v) is 10.7. The van der Waals surface area contributed by atoms with Crippen LogP contribution in [0.1, 0.15) is 25.0 Å². The smallest absolute Gasteiger partial charge is 0.142 e. The van der Waals surface area contributed by atoms with Crippen LogP contribution in [0.2, 0.25) is 0 Å². The van der Waals surface area contributed by atoms with Crippen LogP contribution in [0.25, 0.3) is 0 Å². The first kappa shape index (κ1) is 12.5. The first-order valence-electron chi connectivity index (χ1n) is 5.10. The molecule has 0 amide bonds. The minimum atomic E-state index is 0.599.